The maximum atomic E-state index is 11.8. The summed E-state index contributed by atoms with van der Waals surface area (Å²) in [4.78, 5) is 21.9. The number of amides is 1. The molecule has 2 saturated heterocycles. The van der Waals surface area contributed by atoms with Gasteiger partial charge in [0.15, 0.2) is 0 Å². The highest BCUT2D eigenvalue weighted by molar-refractivity contribution is 5.76. The number of carbonyl (C=O) groups is 1. The first-order valence-corrected chi connectivity index (χ1v) is 7.27. The van der Waals surface area contributed by atoms with Crippen molar-refractivity contribution in [3.8, 4) is 0 Å². The molecule has 0 bridgehead atoms. The van der Waals surface area contributed by atoms with Crippen LogP contribution in [0.4, 0.5) is 5.95 Å². The third-order valence-electron chi connectivity index (χ3n) is 4.10. The number of aliphatic hydroxyl groups is 1. The van der Waals surface area contributed by atoms with Gasteiger partial charge in [0.2, 0.25) is 11.9 Å². The summed E-state index contributed by atoms with van der Waals surface area (Å²) in [6.45, 7) is 1.81. The molecule has 114 valence electrons. The van der Waals surface area contributed by atoms with Crippen LogP contribution >= 0.6 is 0 Å². The number of aromatic nitrogens is 2. The van der Waals surface area contributed by atoms with Crippen molar-refractivity contribution in [1.82, 2.24) is 14.9 Å². The van der Waals surface area contributed by atoms with Gasteiger partial charge in [-0.15, -0.1) is 0 Å². The van der Waals surface area contributed by atoms with Crippen molar-refractivity contribution < 1.29 is 14.6 Å². The minimum absolute atomic E-state index is 0.000719. The first-order valence-electron chi connectivity index (χ1n) is 7.27. The lowest BCUT2D eigenvalue weighted by Crippen LogP contribution is -2.36. The molecule has 0 saturated carbocycles. The number of aliphatic hydroxyl groups excluding tert-OH is 1. The monoisotopic (exact) mass is 292 g/mol. The normalized spacial score (nSPS) is 28.2. The van der Waals surface area contributed by atoms with Gasteiger partial charge in [-0.1, -0.05) is 0 Å². The molecule has 0 aliphatic carbocycles. The number of anilines is 1. The van der Waals surface area contributed by atoms with Crippen LogP contribution in [0.3, 0.4) is 0 Å². The average molecular weight is 292 g/mol. The standard InChI is InChI=1S/C14H20N4O3/c19-7-2-12(20)18-6-3-14(10-18)8-11(9-21-14)17-13-15-4-1-5-16-13/h1,4-5,11,19H,2-3,6-10H2,(H,15,16,17)/t11-,14-/m0/s1. The fraction of sp³-hybridized carbons (Fsp3) is 0.643. The fourth-order valence-corrected chi connectivity index (χ4v) is 3.09. The Kier molecular flexibility index (Phi) is 4.03. The largest absolute Gasteiger partial charge is 0.396 e. The molecule has 1 aromatic heterocycles. The van der Waals surface area contributed by atoms with Crippen LogP contribution < -0.4 is 5.32 Å². The van der Waals surface area contributed by atoms with Crippen LogP contribution in [0.25, 0.3) is 0 Å². The van der Waals surface area contributed by atoms with Crippen LogP contribution in [-0.4, -0.2) is 63.8 Å². The van der Waals surface area contributed by atoms with E-state index in [4.69, 9.17) is 9.84 Å². The molecule has 21 heavy (non-hydrogen) atoms. The molecule has 3 rings (SSSR count). The first-order chi connectivity index (χ1) is 10.2. The second kappa shape index (κ2) is 5.95. The number of hydrogen-bond acceptors (Lipinski definition) is 6. The second-order valence-corrected chi connectivity index (χ2v) is 5.65. The molecular formula is C14H20N4O3. The highest BCUT2D eigenvalue weighted by Gasteiger charge is 2.46. The molecule has 2 atom stereocenters. The van der Waals surface area contributed by atoms with E-state index in [-0.39, 0.29) is 30.6 Å². The van der Waals surface area contributed by atoms with E-state index in [2.05, 4.69) is 15.3 Å². The maximum absolute atomic E-state index is 11.8. The Bertz CT molecular complexity index is 498. The van der Waals surface area contributed by atoms with E-state index in [0.717, 1.165) is 12.8 Å². The summed E-state index contributed by atoms with van der Waals surface area (Å²) in [6.07, 6.45) is 5.28. The van der Waals surface area contributed by atoms with Crippen LogP contribution in [0.2, 0.25) is 0 Å². The zero-order chi connectivity index (χ0) is 14.7. The van der Waals surface area contributed by atoms with Crippen molar-refractivity contribution in [3.05, 3.63) is 18.5 Å². The van der Waals surface area contributed by atoms with Gasteiger partial charge in [-0.2, -0.15) is 0 Å². The Morgan fingerprint density at radius 2 is 2.33 bits per heavy atom. The van der Waals surface area contributed by atoms with Crippen molar-refractivity contribution in [3.63, 3.8) is 0 Å². The van der Waals surface area contributed by atoms with E-state index >= 15 is 0 Å². The molecule has 1 spiro atoms. The van der Waals surface area contributed by atoms with Gasteiger partial charge in [-0.25, -0.2) is 9.97 Å². The van der Waals surface area contributed by atoms with Gasteiger partial charge in [0.05, 0.1) is 24.9 Å². The van der Waals surface area contributed by atoms with Gasteiger partial charge in [-0.3, -0.25) is 4.79 Å². The minimum Gasteiger partial charge on any atom is -0.396 e. The number of hydrogen-bond donors (Lipinski definition) is 2. The van der Waals surface area contributed by atoms with Crippen molar-refractivity contribution in [1.29, 1.82) is 0 Å². The zero-order valence-electron chi connectivity index (χ0n) is 11.9. The van der Waals surface area contributed by atoms with E-state index in [1.54, 1.807) is 23.4 Å². The number of likely N-dealkylation sites (tertiary alicyclic amines) is 1. The number of ether oxygens (including phenoxy) is 1. The summed E-state index contributed by atoms with van der Waals surface area (Å²) in [5, 5.41) is 12.1. The van der Waals surface area contributed by atoms with Crippen LogP contribution in [0, 0.1) is 0 Å². The number of nitrogens with zero attached hydrogens (tertiary/aromatic N) is 3. The number of carbonyl (C=O) groups excluding carboxylic acids is 1. The van der Waals surface area contributed by atoms with Gasteiger partial charge in [0.25, 0.3) is 0 Å². The van der Waals surface area contributed by atoms with Gasteiger partial charge in [0, 0.05) is 38.3 Å². The van der Waals surface area contributed by atoms with Gasteiger partial charge >= 0.3 is 0 Å². The molecule has 3 heterocycles. The molecule has 0 unspecified atom stereocenters. The smallest absolute Gasteiger partial charge is 0.224 e. The average Bonchev–Trinajstić information content (AvgIpc) is 3.08. The summed E-state index contributed by atoms with van der Waals surface area (Å²) in [5.74, 6) is 0.607. The minimum atomic E-state index is -0.252. The van der Waals surface area contributed by atoms with Crippen molar-refractivity contribution in [2.24, 2.45) is 0 Å². The van der Waals surface area contributed by atoms with Crippen LogP contribution in [0.5, 0.6) is 0 Å². The summed E-state index contributed by atoms with van der Waals surface area (Å²) < 4.78 is 5.97. The highest BCUT2D eigenvalue weighted by atomic mass is 16.5. The lowest BCUT2D eigenvalue weighted by atomic mass is 9.97. The molecule has 7 nitrogen and oxygen atoms in total. The topological polar surface area (TPSA) is 87.6 Å². The Labute approximate surface area is 123 Å². The fourth-order valence-electron chi connectivity index (χ4n) is 3.09. The summed E-state index contributed by atoms with van der Waals surface area (Å²) in [5.41, 5.74) is -0.252. The molecule has 0 aromatic carbocycles. The van der Waals surface area contributed by atoms with E-state index in [9.17, 15) is 4.79 Å². The van der Waals surface area contributed by atoms with Crippen molar-refractivity contribution in [2.75, 3.05) is 31.6 Å². The third kappa shape index (κ3) is 3.14. The maximum Gasteiger partial charge on any atom is 0.224 e. The first kappa shape index (κ1) is 14.2. The summed E-state index contributed by atoms with van der Waals surface area (Å²) in [7, 11) is 0. The molecule has 2 fully saturated rings. The van der Waals surface area contributed by atoms with Gasteiger partial charge in [-0.05, 0) is 12.5 Å². The Hall–Kier alpha value is -1.73. The Morgan fingerprint density at radius 3 is 3.10 bits per heavy atom. The van der Waals surface area contributed by atoms with Gasteiger partial charge < -0.3 is 20.1 Å². The third-order valence-corrected chi connectivity index (χ3v) is 4.10. The lowest BCUT2D eigenvalue weighted by Gasteiger charge is -2.23. The molecule has 2 aliphatic heterocycles. The van der Waals surface area contributed by atoms with Crippen molar-refractivity contribution in [2.45, 2.75) is 30.9 Å². The SMILES string of the molecule is O=C(CCO)N1CC[C@]2(C[C@H](Nc3ncccn3)CO2)C1. The molecular weight excluding hydrogens is 272 g/mol. The van der Waals surface area contributed by atoms with E-state index in [1.165, 1.54) is 0 Å². The van der Waals surface area contributed by atoms with E-state index < -0.39 is 0 Å². The van der Waals surface area contributed by atoms with Crippen LogP contribution in [0.15, 0.2) is 18.5 Å². The van der Waals surface area contributed by atoms with E-state index in [1.807, 2.05) is 0 Å². The molecule has 2 aliphatic rings. The molecule has 1 aromatic rings. The molecule has 0 radical (unpaired) electrons. The summed E-state index contributed by atoms with van der Waals surface area (Å²) >= 11 is 0. The quantitative estimate of drug-likeness (QED) is 0.814. The molecule has 2 N–H and O–H groups in total. The molecule has 1 amide bonds. The van der Waals surface area contributed by atoms with Crippen LogP contribution in [-0.2, 0) is 9.53 Å². The number of nitrogens with one attached hydrogen (secondary N) is 1. The second-order valence-electron chi connectivity index (χ2n) is 5.65. The highest BCUT2D eigenvalue weighted by Crippen LogP contribution is 2.36. The Balaban J connectivity index is 1.56. The van der Waals surface area contributed by atoms with E-state index in [0.29, 0.717) is 25.6 Å². The predicted molar refractivity (Wildman–Crippen MR) is 75.6 cm³/mol. The zero-order valence-corrected chi connectivity index (χ0v) is 11.9. The lowest BCUT2D eigenvalue weighted by molar-refractivity contribution is -0.131. The number of rotatable bonds is 4. The van der Waals surface area contributed by atoms with Crippen LogP contribution in [0.1, 0.15) is 19.3 Å². The summed E-state index contributed by atoms with van der Waals surface area (Å²) in [6, 6.07) is 1.94. The predicted octanol–water partition coefficient (Wildman–Crippen LogP) is 0.0309. The Morgan fingerprint density at radius 1 is 1.52 bits per heavy atom. The van der Waals surface area contributed by atoms with Gasteiger partial charge in [0.1, 0.15) is 0 Å². The molecule has 7 heteroatoms. The van der Waals surface area contributed by atoms with Crippen molar-refractivity contribution >= 4 is 11.9 Å².